The Morgan fingerprint density at radius 3 is 2.29 bits per heavy atom. The van der Waals surface area contributed by atoms with Crippen molar-refractivity contribution in [2.24, 2.45) is 0 Å². The second-order valence-electron chi connectivity index (χ2n) is 5.90. The monoisotopic (exact) mass is 320 g/mol. The van der Waals surface area contributed by atoms with E-state index in [1.54, 1.807) is 17.2 Å². The summed E-state index contributed by atoms with van der Waals surface area (Å²) in [6.45, 7) is 4.46. The lowest BCUT2D eigenvalue weighted by Gasteiger charge is -2.19. The highest BCUT2D eigenvalue weighted by Gasteiger charge is 2.17. The van der Waals surface area contributed by atoms with Crippen molar-refractivity contribution in [2.45, 2.75) is 26.4 Å². The zero-order valence-electron chi connectivity index (χ0n) is 13.8. The second kappa shape index (κ2) is 7.08. The molecule has 0 aliphatic heterocycles. The van der Waals surface area contributed by atoms with Crippen molar-refractivity contribution in [2.75, 3.05) is 0 Å². The fourth-order valence-corrected chi connectivity index (χ4v) is 2.77. The first-order valence-electron chi connectivity index (χ1n) is 7.90. The molecule has 1 atom stereocenters. The summed E-state index contributed by atoms with van der Waals surface area (Å²) in [6, 6.07) is 15.5. The van der Waals surface area contributed by atoms with Crippen LogP contribution < -0.4 is 5.32 Å². The van der Waals surface area contributed by atoms with Gasteiger partial charge in [-0.3, -0.25) is 4.79 Å². The number of aromatic nitrogens is 3. The highest BCUT2D eigenvalue weighted by molar-refractivity contribution is 5.94. The molecule has 1 aromatic heterocycles. The van der Waals surface area contributed by atoms with E-state index >= 15 is 0 Å². The number of rotatable bonds is 5. The second-order valence-corrected chi connectivity index (χ2v) is 5.90. The maximum Gasteiger partial charge on any atom is 0.251 e. The van der Waals surface area contributed by atoms with E-state index in [0.717, 1.165) is 16.7 Å². The first-order valence-corrected chi connectivity index (χ1v) is 7.90. The molecule has 0 fully saturated rings. The van der Waals surface area contributed by atoms with Crippen LogP contribution in [0.15, 0.2) is 60.9 Å². The number of amides is 1. The molecule has 122 valence electrons. The molecule has 0 aliphatic rings. The molecule has 5 heteroatoms. The molecule has 3 rings (SSSR count). The zero-order valence-corrected chi connectivity index (χ0v) is 13.8. The molecule has 1 N–H and O–H groups in total. The lowest BCUT2D eigenvalue weighted by atomic mass is 10.0. The normalized spacial score (nSPS) is 11.9. The Hall–Kier alpha value is -2.95. The molecule has 24 heavy (non-hydrogen) atoms. The number of hydrogen-bond donors (Lipinski definition) is 1. The van der Waals surface area contributed by atoms with E-state index in [9.17, 15) is 4.79 Å². The Kier molecular flexibility index (Phi) is 4.70. The van der Waals surface area contributed by atoms with Crippen molar-refractivity contribution >= 4 is 5.91 Å². The van der Waals surface area contributed by atoms with Gasteiger partial charge in [0.25, 0.3) is 5.91 Å². The molecule has 0 spiro atoms. The lowest BCUT2D eigenvalue weighted by Crippen LogP contribution is -2.32. The van der Waals surface area contributed by atoms with Crippen LogP contribution in [-0.2, 0) is 6.54 Å². The molecule has 1 heterocycles. The van der Waals surface area contributed by atoms with E-state index in [1.165, 1.54) is 0 Å². The molecule has 0 saturated carbocycles. The summed E-state index contributed by atoms with van der Waals surface area (Å²) in [4.78, 5) is 14.3. The van der Waals surface area contributed by atoms with Gasteiger partial charge in [0.15, 0.2) is 0 Å². The van der Waals surface area contributed by atoms with Crippen LogP contribution in [0.5, 0.6) is 0 Å². The predicted octanol–water partition coefficient (Wildman–Crippen LogP) is 3.07. The van der Waals surface area contributed by atoms with Gasteiger partial charge in [0.2, 0.25) is 0 Å². The summed E-state index contributed by atoms with van der Waals surface area (Å²) in [5.74, 6) is -0.0946. The Morgan fingerprint density at radius 2 is 1.67 bits per heavy atom. The molecule has 1 amide bonds. The number of hydrogen-bond acceptors (Lipinski definition) is 3. The summed E-state index contributed by atoms with van der Waals surface area (Å²) < 4.78 is 0. The van der Waals surface area contributed by atoms with Gasteiger partial charge in [0.1, 0.15) is 0 Å². The van der Waals surface area contributed by atoms with E-state index in [1.807, 2.05) is 56.3 Å². The molecule has 0 aliphatic carbocycles. The van der Waals surface area contributed by atoms with E-state index in [4.69, 9.17) is 0 Å². The van der Waals surface area contributed by atoms with Crippen LogP contribution in [0.1, 0.15) is 33.1 Å². The number of nitrogens with zero attached hydrogens (tertiary/aromatic N) is 3. The van der Waals surface area contributed by atoms with Gasteiger partial charge in [0, 0.05) is 5.56 Å². The highest BCUT2D eigenvalue weighted by atomic mass is 16.1. The number of aryl methyl sites for hydroxylation is 2. The van der Waals surface area contributed by atoms with E-state index in [2.05, 4.69) is 21.6 Å². The quantitative estimate of drug-likeness (QED) is 0.786. The molecule has 0 radical (unpaired) electrons. The molecular formula is C19H20N4O. The minimum absolute atomic E-state index is 0.0946. The number of carbonyl (C=O) groups is 1. The Bertz CT molecular complexity index is 792. The third-order valence-corrected chi connectivity index (χ3v) is 3.80. The minimum Gasteiger partial charge on any atom is -0.343 e. The van der Waals surface area contributed by atoms with Crippen LogP contribution in [0.2, 0.25) is 0 Å². The minimum atomic E-state index is -0.202. The first-order chi connectivity index (χ1) is 11.6. The average molecular weight is 320 g/mol. The van der Waals surface area contributed by atoms with Crippen LogP contribution in [0.25, 0.3) is 0 Å². The zero-order chi connectivity index (χ0) is 16.9. The van der Waals surface area contributed by atoms with Crippen molar-refractivity contribution in [3.05, 3.63) is 83.2 Å². The molecule has 0 saturated heterocycles. The van der Waals surface area contributed by atoms with E-state index in [-0.39, 0.29) is 11.9 Å². The van der Waals surface area contributed by atoms with Crippen LogP contribution in [0.4, 0.5) is 0 Å². The SMILES string of the molecule is Cc1cc(C)cc(C(=O)NC(Cn2nccn2)c2ccccc2)c1. The third kappa shape index (κ3) is 3.87. The van der Waals surface area contributed by atoms with Crippen LogP contribution in [0, 0.1) is 13.8 Å². The maximum atomic E-state index is 12.7. The van der Waals surface area contributed by atoms with Gasteiger partial charge in [-0.2, -0.15) is 15.0 Å². The fourth-order valence-electron chi connectivity index (χ4n) is 2.77. The highest BCUT2D eigenvalue weighted by Crippen LogP contribution is 2.16. The summed E-state index contributed by atoms with van der Waals surface area (Å²) in [5.41, 5.74) is 3.84. The van der Waals surface area contributed by atoms with Gasteiger partial charge in [-0.25, -0.2) is 0 Å². The van der Waals surface area contributed by atoms with Crippen LogP contribution in [-0.4, -0.2) is 20.9 Å². The van der Waals surface area contributed by atoms with Gasteiger partial charge < -0.3 is 5.32 Å². The molecule has 5 nitrogen and oxygen atoms in total. The standard InChI is InChI=1S/C19H20N4O/c1-14-10-15(2)12-17(11-14)19(24)22-18(13-23-20-8-9-21-23)16-6-4-3-5-7-16/h3-12,18H,13H2,1-2H3,(H,22,24). The number of benzene rings is 2. The fraction of sp³-hybridized carbons (Fsp3) is 0.211. The lowest BCUT2D eigenvalue weighted by molar-refractivity contribution is 0.0930. The number of carbonyl (C=O) groups excluding carboxylic acids is 1. The maximum absolute atomic E-state index is 12.7. The van der Waals surface area contributed by atoms with Crippen molar-refractivity contribution < 1.29 is 4.79 Å². The molecule has 1 unspecified atom stereocenters. The molecule has 0 bridgehead atoms. The van der Waals surface area contributed by atoms with Gasteiger partial charge in [0.05, 0.1) is 25.0 Å². The van der Waals surface area contributed by atoms with Crippen molar-refractivity contribution in [3.8, 4) is 0 Å². The molecule has 2 aromatic carbocycles. The van der Waals surface area contributed by atoms with Crippen LogP contribution in [0.3, 0.4) is 0 Å². The predicted molar refractivity (Wildman–Crippen MR) is 92.6 cm³/mol. The number of nitrogens with one attached hydrogen (secondary N) is 1. The van der Waals surface area contributed by atoms with Gasteiger partial charge in [-0.1, -0.05) is 47.5 Å². The van der Waals surface area contributed by atoms with Crippen molar-refractivity contribution in [1.29, 1.82) is 0 Å². The largest absolute Gasteiger partial charge is 0.343 e. The van der Waals surface area contributed by atoms with Crippen molar-refractivity contribution in [1.82, 2.24) is 20.3 Å². The molecule has 3 aromatic rings. The third-order valence-electron chi connectivity index (χ3n) is 3.80. The Morgan fingerprint density at radius 1 is 1.04 bits per heavy atom. The van der Waals surface area contributed by atoms with Gasteiger partial charge in [-0.05, 0) is 31.5 Å². The van der Waals surface area contributed by atoms with Gasteiger partial charge in [-0.15, -0.1) is 0 Å². The smallest absolute Gasteiger partial charge is 0.251 e. The Labute approximate surface area is 141 Å². The van der Waals surface area contributed by atoms with E-state index < -0.39 is 0 Å². The van der Waals surface area contributed by atoms with E-state index in [0.29, 0.717) is 12.1 Å². The summed E-state index contributed by atoms with van der Waals surface area (Å²) >= 11 is 0. The van der Waals surface area contributed by atoms with Crippen molar-refractivity contribution in [3.63, 3.8) is 0 Å². The first kappa shape index (κ1) is 15.9. The summed E-state index contributed by atoms with van der Waals surface area (Å²) in [6.07, 6.45) is 3.27. The summed E-state index contributed by atoms with van der Waals surface area (Å²) in [7, 11) is 0. The average Bonchev–Trinajstić information content (AvgIpc) is 3.07. The van der Waals surface area contributed by atoms with Gasteiger partial charge >= 0.3 is 0 Å². The topological polar surface area (TPSA) is 59.8 Å². The Balaban J connectivity index is 1.84. The van der Waals surface area contributed by atoms with Crippen LogP contribution >= 0.6 is 0 Å². The summed E-state index contributed by atoms with van der Waals surface area (Å²) in [5, 5.41) is 11.4. The molecular weight excluding hydrogens is 300 g/mol.